The summed E-state index contributed by atoms with van der Waals surface area (Å²) < 4.78 is 1.15. The van der Waals surface area contributed by atoms with Crippen LogP contribution < -0.4 is 10.6 Å². The molecule has 1 aromatic carbocycles. The molecule has 0 aliphatic rings. The third-order valence-electron chi connectivity index (χ3n) is 1.95. The van der Waals surface area contributed by atoms with Crippen molar-refractivity contribution in [2.75, 3.05) is 11.9 Å². The summed E-state index contributed by atoms with van der Waals surface area (Å²) in [7, 11) is 0. The van der Waals surface area contributed by atoms with Crippen LogP contribution in [0.1, 0.15) is 13.8 Å². The number of rotatable bonds is 4. The molecule has 0 aliphatic carbocycles. The molecule has 82 valence electrons. The van der Waals surface area contributed by atoms with E-state index in [4.69, 9.17) is 0 Å². The summed E-state index contributed by atoms with van der Waals surface area (Å²) >= 11 is 2.25. The number of carbonyl (C=O) groups is 1. The van der Waals surface area contributed by atoms with E-state index in [9.17, 15) is 4.79 Å². The molecule has 1 aromatic rings. The van der Waals surface area contributed by atoms with E-state index in [0.717, 1.165) is 9.26 Å². The van der Waals surface area contributed by atoms with E-state index in [-0.39, 0.29) is 11.9 Å². The van der Waals surface area contributed by atoms with Crippen molar-refractivity contribution in [2.24, 2.45) is 0 Å². The zero-order valence-corrected chi connectivity index (χ0v) is 11.0. The van der Waals surface area contributed by atoms with E-state index in [1.54, 1.807) is 0 Å². The third-order valence-corrected chi connectivity index (χ3v) is 2.62. The SMILES string of the molecule is CCNC(=O)C(C)Nc1cccc(I)c1. The van der Waals surface area contributed by atoms with E-state index in [1.807, 2.05) is 38.1 Å². The number of anilines is 1. The lowest BCUT2D eigenvalue weighted by molar-refractivity contribution is -0.121. The van der Waals surface area contributed by atoms with Gasteiger partial charge in [-0.3, -0.25) is 4.79 Å². The Labute approximate surface area is 104 Å². The lowest BCUT2D eigenvalue weighted by atomic mass is 10.2. The van der Waals surface area contributed by atoms with Crippen molar-refractivity contribution in [1.82, 2.24) is 5.32 Å². The van der Waals surface area contributed by atoms with E-state index in [2.05, 4.69) is 33.2 Å². The standard InChI is InChI=1S/C11H15IN2O/c1-3-13-11(15)8(2)14-10-6-4-5-9(12)7-10/h4-8,14H,3H2,1-2H3,(H,13,15). The zero-order chi connectivity index (χ0) is 11.3. The maximum absolute atomic E-state index is 11.5. The van der Waals surface area contributed by atoms with Crippen LogP contribution in [-0.2, 0) is 4.79 Å². The van der Waals surface area contributed by atoms with Gasteiger partial charge in [0.15, 0.2) is 0 Å². The highest BCUT2D eigenvalue weighted by Crippen LogP contribution is 2.13. The van der Waals surface area contributed by atoms with Gasteiger partial charge in [0.1, 0.15) is 6.04 Å². The Balaban J connectivity index is 2.58. The summed E-state index contributed by atoms with van der Waals surface area (Å²) in [4.78, 5) is 11.5. The first-order valence-corrected chi connectivity index (χ1v) is 6.01. The molecule has 0 aromatic heterocycles. The Morgan fingerprint density at radius 2 is 2.27 bits per heavy atom. The number of hydrogen-bond donors (Lipinski definition) is 2. The molecule has 0 aliphatic heterocycles. The zero-order valence-electron chi connectivity index (χ0n) is 8.88. The summed E-state index contributed by atoms with van der Waals surface area (Å²) in [6, 6.07) is 7.74. The average molecular weight is 318 g/mol. The van der Waals surface area contributed by atoms with Crippen LogP contribution in [0.3, 0.4) is 0 Å². The normalized spacial score (nSPS) is 11.9. The molecule has 0 bridgehead atoms. The van der Waals surface area contributed by atoms with Crippen LogP contribution >= 0.6 is 22.6 Å². The molecule has 1 atom stereocenters. The molecular formula is C11H15IN2O. The minimum Gasteiger partial charge on any atom is -0.374 e. The van der Waals surface area contributed by atoms with Gasteiger partial charge in [-0.2, -0.15) is 0 Å². The van der Waals surface area contributed by atoms with Gasteiger partial charge in [0.05, 0.1) is 0 Å². The molecule has 0 radical (unpaired) electrons. The Bertz CT molecular complexity index is 341. The molecule has 2 N–H and O–H groups in total. The second kappa shape index (κ2) is 5.95. The number of amides is 1. The summed E-state index contributed by atoms with van der Waals surface area (Å²) in [5.74, 6) is 0.0244. The Hall–Kier alpha value is -0.780. The number of hydrogen-bond acceptors (Lipinski definition) is 2. The van der Waals surface area contributed by atoms with Gasteiger partial charge in [-0.05, 0) is 54.6 Å². The molecule has 15 heavy (non-hydrogen) atoms. The summed E-state index contributed by atoms with van der Waals surface area (Å²) in [6.07, 6.45) is 0. The Morgan fingerprint density at radius 3 is 2.87 bits per heavy atom. The predicted molar refractivity (Wildman–Crippen MR) is 70.9 cm³/mol. The maximum atomic E-state index is 11.5. The molecule has 0 spiro atoms. The van der Waals surface area contributed by atoms with Crippen molar-refractivity contribution >= 4 is 34.2 Å². The first kappa shape index (κ1) is 12.3. The van der Waals surface area contributed by atoms with Crippen molar-refractivity contribution in [3.05, 3.63) is 27.8 Å². The van der Waals surface area contributed by atoms with Crippen LogP contribution in [-0.4, -0.2) is 18.5 Å². The van der Waals surface area contributed by atoms with Crippen molar-refractivity contribution in [2.45, 2.75) is 19.9 Å². The fourth-order valence-corrected chi connectivity index (χ4v) is 1.76. The van der Waals surface area contributed by atoms with Gasteiger partial charge < -0.3 is 10.6 Å². The van der Waals surface area contributed by atoms with Gasteiger partial charge >= 0.3 is 0 Å². The molecule has 4 heteroatoms. The van der Waals surface area contributed by atoms with E-state index >= 15 is 0 Å². The fraction of sp³-hybridized carbons (Fsp3) is 0.364. The van der Waals surface area contributed by atoms with Crippen molar-refractivity contribution in [3.8, 4) is 0 Å². The van der Waals surface area contributed by atoms with Gasteiger partial charge in [-0.15, -0.1) is 0 Å². The second-order valence-electron chi connectivity index (χ2n) is 3.27. The van der Waals surface area contributed by atoms with E-state index in [1.165, 1.54) is 0 Å². The highest BCUT2D eigenvalue weighted by atomic mass is 127. The minimum atomic E-state index is -0.205. The van der Waals surface area contributed by atoms with Crippen LogP contribution in [0.25, 0.3) is 0 Å². The smallest absolute Gasteiger partial charge is 0.242 e. The van der Waals surface area contributed by atoms with E-state index in [0.29, 0.717) is 6.54 Å². The van der Waals surface area contributed by atoms with Crippen molar-refractivity contribution in [3.63, 3.8) is 0 Å². The van der Waals surface area contributed by atoms with Gasteiger partial charge in [-0.1, -0.05) is 6.07 Å². The van der Waals surface area contributed by atoms with Gasteiger partial charge in [0.2, 0.25) is 5.91 Å². The van der Waals surface area contributed by atoms with E-state index < -0.39 is 0 Å². The quantitative estimate of drug-likeness (QED) is 0.836. The number of halogens is 1. The van der Waals surface area contributed by atoms with Crippen LogP contribution in [0.4, 0.5) is 5.69 Å². The first-order valence-electron chi connectivity index (χ1n) is 4.93. The highest BCUT2D eigenvalue weighted by molar-refractivity contribution is 14.1. The van der Waals surface area contributed by atoms with Crippen LogP contribution in [0.2, 0.25) is 0 Å². The van der Waals surface area contributed by atoms with Gasteiger partial charge in [-0.25, -0.2) is 0 Å². The monoisotopic (exact) mass is 318 g/mol. The minimum absolute atomic E-state index is 0.0244. The number of nitrogens with one attached hydrogen (secondary N) is 2. The van der Waals surface area contributed by atoms with Gasteiger partial charge in [0, 0.05) is 15.8 Å². The topological polar surface area (TPSA) is 41.1 Å². The van der Waals surface area contributed by atoms with Crippen molar-refractivity contribution < 1.29 is 4.79 Å². The van der Waals surface area contributed by atoms with Crippen LogP contribution in [0.5, 0.6) is 0 Å². The fourth-order valence-electron chi connectivity index (χ4n) is 1.22. The Kier molecular flexibility index (Phi) is 4.87. The summed E-state index contributed by atoms with van der Waals surface area (Å²) in [5.41, 5.74) is 0.973. The lowest BCUT2D eigenvalue weighted by Crippen LogP contribution is -2.37. The average Bonchev–Trinajstić information content (AvgIpc) is 2.18. The van der Waals surface area contributed by atoms with Crippen LogP contribution in [0.15, 0.2) is 24.3 Å². The molecule has 0 saturated carbocycles. The third kappa shape index (κ3) is 4.07. The summed E-state index contributed by atoms with van der Waals surface area (Å²) in [5, 5.41) is 5.93. The molecule has 0 heterocycles. The predicted octanol–water partition coefficient (Wildman–Crippen LogP) is 2.23. The van der Waals surface area contributed by atoms with Crippen LogP contribution in [0, 0.1) is 3.57 Å². The molecule has 1 amide bonds. The lowest BCUT2D eigenvalue weighted by Gasteiger charge is -2.14. The second-order valence-corrected chi connectivity index (χ2v) is 4.52. The largest absolute Gasteiger partial charge is 0.374 e. The number of likely N-dealkylation sites (N-methyl/N-ethyl adjacent to an activating group) is 1. The molecule has 1 unspecified atom stereocenters. The first-order chi connectivity index (χ1) is 7.13. The van der Waals surface area contributed by atoms with Crippen molar-refractivity contribution in [1.29, 1.82) is 0 Å². The molecule has 0 fully saturated rings. The Morgan fingerprint density at radius 1 is 1.53 bits per heavy atom. The maximum Gasteiger partial charge on any atom is 0.242 e. The number of benzene rings is 1. The summed E-state index contributed by atoms with van der Waals surface area (Å²) in [6.45, 7) is 4.43. The molecule has 1 rings (SSSR count). The highest BCUT2D eigenvalue weighted by Gasteiger charge is 2.10. The molecule has 3 nitrogen and oxygen atoms in total. The number of carbonyl (C=O) groups excluding carboxylic acids is 1. The van der Waals surface area contributed by atoms with Gasteiger partial charge in [0.25, 0.3) is 0 Å². The molecular weight excluding hydrogens is 303 g/mol. The molecule has 0 saturated heterocycles.